The van der Waals surface area contributed by atoms with Crippen LogP contribution in [0.4, 0.5) is 8.78 Å². The molecule has 220 valence electrons. The molecule has 4 rings (SSSR count). The Labute approximate surface area is 231 Å². The number of hydrogen-bond donors (Lipinski definition) is 3. The number of ether oxygens (including phenoxy) is 3. The minimum Gasteiger partial charge on any atom is -0.490 e. The maximum absolute atomic E-state index is 12.9. The fourth-order valence-corrected chi connectivity index (χ4v) is 4.11. The van der Waals surface area contributed by atoms with E-state index in [4.69, 9.17) is 34.0 Å². The van der Waals surface area contributed by atoms with Gasteiger partial charge >= 0.3 is 11.9 Å². The van der Waals surface area contributed by atoms with E-state index < -0.39 is 17.7 Å². The van der Waals surface area contributed by atoms with Crippen molar-refractivity contribution in [2.75, 3.05) is 39.9 Å². The first-order valence-corrected chi connectivity index (χ1v) is 12.9. The number of rotatable bonds is 7. The van der Waals surface area contributed by atoms with E-state index in [0.29, 0.717) is 19.0 Å². The van der Waals surface area contributed by atoms with Crippen molar-refractivity contribution in [3.8, 4) is 5.75 Å². The van der Waals surface area contributed by atoms with Crippen LogP contribution >= 0.6 is 0 Å². The van der Waals surface area contributed by atoms with E-state index in [-0.39, 0.29) is 23.6 Å². The number of aliphatic carboxylic acids is 2. The van der Waals surface area contributed by atoms with Gasteiger partial charge in [-0.3, -0.25) is 4.79 Å². The molecule has 3 N–H and O–H groups in total. The summed E-state index contributed by atoms with van der Waals surface area (Å²) in [4.78, 5) is 31.2. The molecule has 2 aromatic carbocycles. The lowest BCUT2D eigenvalue weighted by molar-refractivity contribution is -0.171. The Kier molecular flexibility index (Phi) is 13.4. The predicted molar refractivity (Wildman–Crippen MR) is 141 cm³/mol. The molecule has 0 spiro atoms. The van der Waals surface area contributed by atoms with Gasteiger partial charge in [-0.2, -0.15) is 0 Å². The van der Waals surface area contributed by atoms with Gasteiger partial charge in [-0.25, -0.2) is 18.4 Å². The van der Waals surface area contributed by atoms with Crippen LogP contribution < -0.4 is 10.1 Å². The molecule has 2 aliphatic heterocycles. The first-order chi connectivity index (χ1) is 19.1. The van der Waals surface area contributed by atoms with Crippen molar-refractivity contribution in [3.63, 3.8) is 0 Å². The van der Waals surface area contributed by atoms with Crippen molar-refractivity contribution in [3.05, 3.63) is 65.7 Å². The number of likely N-dealkylation sites (tertiary alicyclic amines) is 1. The molecule has 0 unspecified atom stereocenters. The zero-order valence-electron chi connectivity index (χ0n) is 22.6. The topological polar surface area (TPSA) is 135 Å². The third-order valence-corrected chi connectivity index (χ3v) is 6.16. The van der Waals surface area contributed by atoms with Gasteiger partial charge in [0.25, 0.3) is 0 Å². The first-order valence-electron chi connectivity index (χ1n) is 12.9. The van der Waals surface area contributed by atoms with Gasteiger partial charge in [-0.15, -0.1) is 0 Å². The lowest BCUT2D eigenvalue weighted by Gasteiger charge is -2.31. The second-order valence-electron chi connectivity index (χ2n) is 9.05. The van der Waals surface area contributed by atoms with E-state index in [0.717, 1.165) is 50.9 Å². The average molecular weight is 567 g/mol. The summed E-state index contributed by atoms with van der Waals surface area (Å²) in [5, 5.41) is 17.9. The number of carboxylic acids is 2. The number of nitrogens with zero attached hydrogens (tertiary/aromatic N) is 1. The van der Waals surface area contributed by atoms with Crippen molar-refractivity contribution in [2.45, 2.75) is 44.5 Å². The van der Waals surface area contributed by atoms with Crippen LogP contribution in [0.1, 0.15) is 38.2 Å². The van der Waals surface area contributed by atoms with Crippen LogP contribution in [0.3, 0.4) is 0 Å². The zero-order chi connectivity index (χ0) is 29.5. The Morgan fingerprint density at radius 3 is 1.90 bits per heavy atom. The molecule has 2 aromatic rings. The highest BCUT2D eigenvalue weighted by atomic mass is 19.1. The molecular weight excluding hydrogens is 530 g/mol. The Morgan fingerprint density at radius 2 is 1.45 bits per heavy atom. The summed E-state index contributed by atoms with van der Waals surface area (Å²) in [7, 11) is 1.92. The van der Waals surface area contributed by atoms with Gasteiger partial charge in [0.15, 0.2) is 5.79 Å². The van der Waals surface area contributed by atoms with Crippen LogP contribution in [0, 0.1) is 11.6 Å². The highest BCUT2D eigenvalue weighted by Crippen LogP contribution is 2.35. The first kappa shape index (κ1) is 32.6. The Bertz CT molecular complexity index is 1060. The molecule has 2 heterocycles. The van der Waals surface area contributed by atoms with Crippen LogP contribution in [0.15, 0.2) is 48.5 Å². The molecule has 10 nitrogen and oxygen atoms in total. The largest absolute Gasteiger partial charge is 0.490 e. The van der Waals surface area contributed by atoms with Crippen LogP contribution in [-0.4, -0.2) is 79.0 Å². The monoisotopic (exact) mass is 566 g/mol. The number of piperidine rings is 1. The maximum Gasteiger partial charge on any atom is 0.414 e. The van der Waals surface area contributed by atoms with Crippen molar-refractivity contribution in [1.29, 1.82) is 0 Å². The van der Waals surface area contributed by atoms with Crippen molar-refractivity contribution >= 4 is 17.8 Å². The summed E-state index contributed by atoms with van der Waals surface area (Å²) in [5.74, 6) is -4.02. The molecule has 12 heteroatoms. The van der Waals surface area contributed by atoms with Gasteiger partial charge in [0, 0.05) is 44.8 Å². The number of amides is 1. The standard InChI is InChI=1S/C13H18FNO2.C13H16FNO2.C2H2O4/c1-15-8-2-7-13(16-9-10-17-13)11-3-5-12(14)6-4-11;1-10(16)15-8-6-13(7-9-15)17-12-4-2-11(14)3-5-12;3-1(4)2(5)6/h3-6,15H,2,7-10H2,1H3;2-5,13H,6-9H2,1H3;(H,3,4)(H,5,6). The summed E-state index contributed by atoms with van der Waals surface area (Å²) in [6.45, 7) is 5.16. The van der Waals surface area contributed by atoms with Gasteiger partial charge < -0.3 is 34.6 Å². The number of halogens is 2. The number of carboxylic acid groups (broad SMARTS) is 2. The molecule has 2 fully saturated rings. The second kappa shape index (κ2) is 16.5. The molecule has 0 aromatic heterocycles. The fraction of sp³-hybridized carbons (Fsp3) is 0.464. The van der Waals surface area contributed by atoms with Crippen LogP contribution in [0.5, 0.6) is 5.75 Å². The SMILES string of the molecule is CC(=O)N1CCC(Oc2ccc(F)cc2)CC1.CNCCCC1(c2ccc(F)cc2)OCCO1.O=C(O)C(=O)O. The molecule has 0 saturated carbocycles. The summed E-state index contributed by atoms with van der Waals surface area (Å²) in [5.41, 5.74) is 0.896. The molecule has 0 aliphatic carbocycles. The number of carbonyl (C=O) groups excluding carboxylic acids is 1. The van der Waals surface area contributed by atoms with E-state index in [9.17, 15) is 13.6 Å². The van der Waals surface area contributed by atoms with Crippen molar-refractivity contribution in [1.82, 2.24) is 10.2 Å². The van der Waals surface area contributed by atoms with Crippen LogP contribution in [0.25, 0.3) is 0 Å². The van der Waals surface area contributed by atoms with E-state index in [1.807, 2.05) is 11.9 Å². The Morgan fingerprint density at radius 1 is 0.950 bits per heavy atom. The van der Waals surface area contributed by atoms with E-state index >= 15 is 0 Å². The van der Waals surface area contributed by atoms with Gasteiger partial charge in [0.2, 0.25) is 5.91 Å². The van der Waals surface area contributed by atoms with E-state index in [1.54, 1.807) is 31.2 Å². The molecule has 0 atom stereocenters. The Hall–Kier alpha value is -3.61. The lowest BCUT2D eigenvalue weighted by atomic mass is 10.0. The third-order valence-electron chi connectivity index (χ3n) is 6.16. The molecule has 40 heavy (non-hydrogen) atoms. The van der Waals surface area contributed by atoms with Gasteiger partial charge in [0.1, 0.15) is 23.5 Å². The third kappa shape index (κ3) is 10.9. The number of carbonyl (C=O) groups is 3. The van der Waals surface area contributed by atoms with Gasteiger partial charge in [-0.1, -0.05) is 12.1 Å². The maximum atomic E-state index is 12.9. The van der Waals surface area contributed by atoms with Gasteiger partial charge in [-0.05, 0) is 56.4 Å². The van der Waals surface area contributed by atoms with E-state index in [2.05, 4.69) is 5.32 Å². The quantitative estimate of drug-likeness (QED) is 0.341. The summed E-state index contributed by atoms with van der Waals surface area (Å²) >= 11 is 0. The van der Waals surface area contributed by atoms with Gasteiger partial charge in [0.05, 0.1) is 13.2 Å². The molecular formula is C28H36F2N2O8. The average Bonchev–Trinajstić information content (AvgIpc) is 3.41. The van der Waals surface area contributed by atoms with Crippen molar-refractivity contribution < 1.29 is 47.6 Å². The zero-order valence-corrected chi connectivity index (χ0v) is 22.6. The smallest absolute Gasteiger partial charge is 0.414 e. The minimum atomic E-state index is -1.82. The van der Waals surface area contributed by atoms with Crippen LogP contribution in [0.2, 0.25) is 0 Å². The Balaban J connectivity index is 0.000000234. The molecule has 0 radical (unpaired) electrons. The van der Waals surface area contributed by atoms with Crippen molar-refractivity contribution in [2.24, 2.45) is 0 Å². The second-order valence-corrected chi connectivity index (χ2v) is 9.05. The minimum absolute atomic E-state index is 0.116. The number of hydrogen-bond acceptors (Lipinski definition) is 7. The molecule has 2 aliphatic rings. The highest BCUT2D eigenvalue weighted by Gasteiger charge is 2.37. The summed E-state index contributed by atoms with van der Waals surface area (Å²) in [6, 6.07) is 12.4. The number of nitrogens with one attached hydrogen (secondary N) is 1. The normalized spacial score (nSPS) is 16.1. The molecule has 1 amide bonds. The summed E-state index contributed by atoms with van der Waals surface area (Å²) < 4.78 is 42.8. The predicted octanol–water partition coefficient (Wildman–Crippen LogP) is 3.40. The molecule has 2 saturated heterocycles. The highest BCUT2D eigenvalue weighted by molar-refractivity contribution is 6.27. The molecule has 0 bridgehead atoms. The van der Waals surface area contributed by atoms with Crippen LogP contribution in [-0.2, 0) is 29.6 Å². The summed E-state index contributed by atoms with van der Waals surface area (Å²) in [6.07, 6.45) is 3.51. The fourth-order valence-electron chi connectivity index (χ4n) is 4.11. The lowest BCUT2D eigenvalue weighted by Crippen LogP contribution is -2.40. The number of benzene rings is 2. The van der Waals surface area contributed by atoms with E-state index in [1.165, 1.54) is 24.3 Å².